The molecule has 6 nitrogen and oxygen atoms in total. The van der Waals surface area contributed by atoms with E-state index in [1.165, 1.54) is 16.8 Å². The molecule has 0 bridgehead atoms. The smallest absolute Gasteiger partial charge is 0.203 e. The van der Waals surface area contributed by atoms with E-state index in [1.54, 1.807) is 21.3 Å². The standard InChI is InChI=1S/C35H38NO5/c1-36-18-17-28-21-31(37-2)32(40-23-25-11-7-5-8-12-25)22-29(28)30(36)16-15-27-19-33(38-3)35(39-4)34(20-27)41-24-26-13-9-6-10-14-26/h5-14,19-22H,15-18,23-24H2,1-4H3/q+1/i1+2,16+2. The van der Waals surface area contributed by atoms with Crippen LogP contribution in [0.25, 0.3) is 0 Å². The van der Waals surface area contributed by atoms with Crippen molar-refractivity contribution >= 4 is 5.71 Å². The first kappa shape index (κ1) is 28.1. The Morgan fingerprint density at radius 2 is 1.29 bits per heavy atom. The highest BCUT2D eigenvalue weighted by Gasteiger charge is 2.26. The fourth-order valence-corrected chi connectivity index (χ4v) is 5.27. The number of rotatable bonds is 12. The van der Waals surface area contributed by atoms with E-state index in [2.05, 4.69) is 42.0 Å². The van der Waals surface area contributed by atoms with Crippen LogP contribution in [0.3, 0.4) is 0 Å². The van der Waals surface area contributed by atoms with Gasteiger partial charge in [-0.3, -0.25) is 0 Å². The average Bonchev–Trinajstić information content (AvgIpc) is 3.02. The minimum Gasteiger partial charge on any atom is -0.493 e. The van der Waals surface area contributed by atoms with Crippen molar-refractivity contribution in [2.24, 2.45) is 0 Å². The molecule has 0 aliphatic carbocycles. The third kappa shape index (κ3) is 6.65. The van der Waals surface area contributed by atoms with Crippen LogP contribution in [-0.2, 0) is 26.1 Å². The molecule has 6 heteroatoms. The Morgan fingerprint density at radius 3 is 1.90 bits per heavy atom. The summed E-state index contributed by atoms with van der Waals surface area (Å²) < 4.78 is 31.9. The number of aryl methyl sites for hydroxylation is 1. The molecule has 0 spiro atoms. The van der Waals surface area contributed by atoms with Crippen LogP contribution in [-0.4, -0.2) is 45.2 Å². The summed E-state index contributed by atoms with van der Waals surface area (Å²) in [7, 11) is 7.16. The predicted molar refractivity (Wildman–Crippen MR) is 161 cm³/mol. The average molecular weight is 557 g/mol. The van der Waals surface area contributed by atoms with E-state index >= 15 is 0 Å². The van der Waals surface area contributed by atoms with Gasteiger partial charge in [-0.05, 0) is 52.9 Å². The highest BCUT2D eigenvalue weighted by molar-refractivity contribution is 5.99. The van der Waals surface area contributed by atoms with E-state index in [0.29, 0.717) is 30.5 Å². The highest BCUT2D eigenvalue weighted by Crippen LogP contribution is 2.40. The molecule has 0 aromatic heterocycles. The molecule has 0 radical (unpaired) electrons. The second kappa shape index (κ2) is 13.3. The molecule has 0 saturated carbocycles. The molecule has 41 heavy (non-hydrogen) atoms. The lowest BCUT2D eigenvalue weighted by molar-refractivity contribution is -0.499. The normalized spacial score (nSPS) is 12.5. The van der Waals surface area contributed by atoms with E-state index in [9.17, 15) is 0 Å². The van der Waals surface area contributed by atoms with Gasteiger partial charge in [0.15, 0.2) is 28.7 Å². The lowest BCUT2D eigenvalue weighted by atomic mass is 9.99. The van der Waals surface area contributed by atoms with Crippen LogP contribution in [0.2, 0.25) is 0 Å². The topological polar surface area (TPSA) is 49.2 Å². The SMILES string of the molecule is COc1cc2c(cc1OCc1ccccc1)C([14CH2]Cc1cc(OC)c(OC)c(OCc3ccccc3)c1)=[N+]([14CH3])CC2. The van der Waals surface area contributed by atoms with Crippen molar-refractivity contribution in [2.45, 2.75) is 32.5 Å². The number of hydrogen-bond acceptors (Lipinski definition) is 5. The van der Waals surface area contributed by atoms with Crippen molar-refractivity contribution in [3.05, 3.63) is 113 Å². The fourth-order valence-electron chi connectivity index (χ4n) is 5.27. The van der Waals surface area contributed by atoms with Crippen LogP contribution in [0.15, 0.2) is 84.9 Å². The number of benzene rings is 4. The summed E-state index contributed by atoms with van der Waals surface area (Å²) in [5.41, 5.74) is 7.10. The Bertz CT molecular complexity index is 1500. The van der Waals surface area contributed by atoms with Crippen molar-refractivity contribution in [3.63, 3.8) is 0 Å². The van der Waals surface area contributed by atoms with Gasteiger partial charge >= 0.3 is 0 Å². The molecular formula is C35H38NO5+. The molecule has 0 atom stereocenters. The van der Waals surface area contributed by atoms with Crippen LogP contribution in [0, 0.1) is 0 Å². The summed E-state index contributed by atoms with van der Waals surface area (Å²) in [6, 6.07) is 28.7. The number of likely N-dealkylation sites (N-methyl/N-ethyl adjacent to an activating group) is 1. The van der Waals surface area contributed by atoms with E-state index < -0.39 is 0 Å². The van der Waals surface area contributed by atoms with E-state index in [1.807, 2.05) is 54.6 Å². The van der Waals surface area contributed by atoms with Crippen LogP contribution < -0.4 is 23.7 Å². The maximum Gasteiger partial charge on any atom is 0.203 e. The van der Waals surface area contributed by atoms with Gasteiger partial charge in [-0.1, -0.05) is 60.7 Å². The van der Waals surface area contributed by atoms with Gasteiger partial charge in [0, 0.05) is 18.4 Å². The van der Waals surface area contributed by atoms with E-state index in [4.69, 9.17) is 23.7 Å². The number of nitrogens with zero attached hydrogens (tertiary/aromatic N) is 1. The Balaban J connectivity index is 1.38. The molecule has 1 heterocycles. The predicted octanol–water partition coefficient (Wildman–Crippen LogP) is 6.49. The number of methoxy groups -OCH3 is 3. The Kier molecular flexibility index (Phi) is 9.09. The number of hydrogen-bond donors (Lipinski definition) is 0. The summed E-state index contributed by atoms with van der Waals surface area (Å²) >= 11 is 0. The van der Waals surface area contributed by atoms with Gasteiger partial charge in [0.05, 0.1) is 21.3 Å². The van der Waals surface area contributed by atoms with Crippen molar-refractivity contribution in [2.75, 3.05) is 34.9 Å². The van der Waals surface area contributed by atoms with Crippen LogP contribution in [0.5, 0.6) is 28.7 Å². The van der Waals surface area contributed by atoms with Gasteiger partial charge in [-0.25, -0.2) is 4.58 Å². The summed E-state index contributed by atoms with van der Waals surface area (Å²) in [6.45, 7) is 1.89. The molecule has 5 rings (SSSR count). The molecule has 0 saturated heterocycles. The summed E-state index contributed by atoms with van der Waals surface area (Å²) in [5, 5.41) is 0. The Morgan fingerprint density at radius 1 is 0.683 bits per heavy atom. The van der Waals surface area contributed by atoms with E-state index in [0.717, 1.165) is 54.0 Å². The van der Waals surface area contributed by atoms with Crippen molar-refractivity contribution < 1.29 is 28.3 Å². The molecule has 4 aromatic carbocycles. The van der Waals surface area contributed by atoms with Crippen molar-refractivity contribution in [1.29, 1.82) is 0 Å². The largest absolute Gasteiger partial charge is 0.493 e. The summed E-state index contributed by atoms with van der Waals surface area (Å²) in [4.78, 5) is 0. The van der Waals surface area contributed by atoms with Crippen molar-refractivity contribution in [1.82, 2.24) is 0 Å². The molecule has 1 aliphatic rings. The van der Waals surface area contributed by atoms with Gasteiger partial charge < -0.3 is 23.7 Å². The maximum atomic E-state index is 6.26. The number of fused-ring (bicyclic) bond motifs is 1. The molecule has 1 aliphatic heterocycles. The Labute approximate surface area is 242 Å². The first-order valence-corrected chi connectivity index (χ1v) is 14.0. The first-order valence-electron chi connectivity index (χ1n) is 14.0. The maximum absolute atomic E-state index is 6.26. The fraction of sp³-hybridized carbons (Fsp3) is 0.286. The Hall–Kier alpha value is -4.45. The second-order valence-electron chi connectivity index (χ2n) is 10.2. The minimum absolute atomic E-state index is 0.449. The third-order valence-electron chi connectivity index (χ3n) is 7.51. The zero-order valence-electron chi connectivity index (χ0n) is 24.3. The zero-order chi connectivity index (χ0) is 28.6. The van der Waals surface area contributed by atoms with Gasteiger partial charge in [-0.2, -0.15) is 0 Å². The van der Waals surface area contributed by atoms with Crippen LogP contribution in [0.4, 0.5) is 0 Å². The highest BCUT2D eigenvalue weighted by atomic mass is 16.5. The first-order chi connectivity index (χ1) is 20.1. The van der Waals surface area contributed by atoms with E-state index in [-0.39, 0.29) is 0 Å². The second-order valence-corrected chi connectivity index (χ2v) is 10.2. The van der Waals surface area contributed by atoms with Crippen molar-refractivity contribution in [3.8, 4) is 28.7 Å². The van der Waals surface area contributed by atoms with Crippen LogP contribution in [0.1, 0.15) is 34.2 Å². The summed E-state index contributed by atoms with van der Waals surface area (Å²) in [6.07, 6.45) is 2.62. The van der Waals surface area contributed by atoms with Gasteiger partial charge in [0.1, 0.15) is 26.8 Å². The monoisotopic (exact) mass is 556 g/mol. The van der Waals surface area contributed by atoms with Gasteiger partial charge in [-0.15, -0.1) is 0 Å². The quantitative estimate of drug-likeness (QED) is 0.187. The third-order valence-corrected chi connectivity index (χ3v) is 7.51. The molecule has 0 unspecified atom stereocenters. The molecular weight excluding hydrogens is 518 g/mol. The zero-order valence-corrected chi connectivity index (χ0v) is 24.3. The molecule has 0 amide bonds. The lowest BCUT2D eigenvalue weighted by Crippen LogP contribution is -2.28. The molecule has 0 fully saturated rings. The lowest BCUT2D eigenvalue weighted by Gasteiger charge is -2.20. The molecule has 212 valence electrons. The minimum atomic E-state index is 0.449. The van der Waals surface area contributed by atoms with Gasteiger partial charge in [0.25, 0.3) is 0 Å². The van der Waals surface area contributed by atoms with Gasteiger partial charge in [0.2, 0.25) is 5.75 Å². The molecule has 0 N–H and O–H groups in total. The summed E-state index contributed by atoms with van der Waals surface area (Å²) in [5.74, 6) is 3.47. The molecule has 4 aromatic rings. The van der Waals surface area contributed by atoms with Crippen LogP contribution >= 0.6 is 0 Å². The number of ether oxygens (including phenoxy) is 5.